The Labute approximate surface area is 116 Å². The highest BCUT2D eigenvalue weighted by Gasteiger charge is 2.21. The molecular weight excluding hydrogens is 297 g/mol. The second kappa shape index (κ2) is 6.53. The number of nitrogens with zero attached hydrogens (tertiary/aromatic N) is 1. The molecule has 0 amide bonds. The molecule has 0 radical (unpaired) electrons. The van der Waals surface area contributed by atoms with Gasteiger partial charge in [-0.15, -0.1) is 0 Å². The maximum Gasteiger partial charge on any atom is 0.146 e. The molecule has 4 heteroatoms. The molecule has 1 aromatic rings. The van der Waals surface area contributed by atoms with Crippen LogP contribution >= 0.6 is 15.9 Å². The van der Waals surface area contributed by atoms with Crippen molar-refractivity contribution in [2.75, 3.05) is 31.7 Å². The summed E-state index contributed by atoms with van der Waals surface area (Å²) in [5.74, 6) is 0.610. The number of benzene rings is 1. The van der Waals surface area contributed by atoms with Crippen LogP contribution in [0, 0.1) is 11.7 Å². The fourth-order valence-electron chi connectivity index (χ4n) is 1.94. The summed E-state index contributed by atoms with van der Waals surface area (Å²) in [4.78, 5) is 1.93. The van der Waals surface area contributed by atoms with Gasteiger partial charge < -0.3 is 9.64 Å². The number of hydrogen-bond donors (Lipinski definition) is 0. The predicted molar refractivity (Wildman–Crippen MR) is 75.8 cm³/mol. The van der Waals surface area contributed by atoms with Crippen molar-refractivity contribution in [1.82, 2.24) is 0 Å². The van der Waals surface area contributed by atoms with Gasteiger partial charge in [-0.25, -0.2) is 4.39 Å². The fourth-order valence-corrected chi connectivity index (χ4v) is 2.40. The molecule has 0 atom stereocenters. The molecule has 1 fully saturated rings. The van der Waals surface area contributed by atoms with Crippen molar-refractivity contribution < 1.29 is 9.13 Å². The van der Waals surface area contributed by atoms with Gasteiger partial charge in [0.15, 0.2) is 0 Å². The Morgan fingerprint density at radius 2 is 2.22 bits per heavy atom. The van der Waals surface area contributed by atoms with Crippen LogP contribution in [0.15, 0.2) is 18.2 Å². The van der Waals surface area contributed by atoms with Gasteiger partial charge in [-0.3, -0.25) is 0 Å². The summed E-state index contributed by atoms with van der Waals surface area (Å²) < 4.78 is 19.4. The van der Waals surface area contributed by atoms with Crippen molar-refractivity contribution >= 4 is 21.6 Å². The zero-order valence-corrected chi connectivity index (χ0v) is 12.2. The highest BCUT2D eigenvalue weighted by Crippen LogP contribution is 2.29. The lowest BCUT2D eigenvalue weighted by Crippen LogP contribution is -2.25. The van der Waals surface area contributed by atoms with E-state index in [1.54, 1.807) is 6.07 Å². The molecule has 2 nitrogen and oxygen atoms in total. The smallest absolute Gasteiger partial charge is 0.146 e. The van der Waals surface area contributed by atoms with Gasteiger partial charge in [-0.1, -0.05) is 28.1 Å². The van der Waals surface area contributed by atoms with Crippen LogP contribution < -0.4 is 4.90 Å². The van der Waals surface area contributed by atoms with Crippen LogP contribution in [-0.4, -0.2) is 26.8 Å². The summed E-state index contributed by atoms with van der Waals surface area (Å²) in [5.41, 5.74) is 1.64. The maximum absolute atomic E-state index is 13.8. The van der Waals surface area contributed by atoms with Gasteiger partial charge in [-0.05, 0) is 30.4 Å². The fraction of sp³-hybridized carbons (Fsp3) is 0.571. The van der Waals surface area contributed by atoms with Crippen molar-refractivity contribution in [1.29, 1.82) is 0 Å². The van der Waals surface area contributed by atoms with Crippen molar-refractivity contribution in [2.45, 2.75) is 18.2 Å². The summed E-state index contributed by atoms with van der Waals surface area (Å²) in [6, 6.07) is 5.19. The number of alkyl halides is 1. The number of halogens is 2. The normalized spacial score (nSPS) is 14.8. The monoisotopic (exact) mass is 315 g/mol. The molecule has 1 saturated carbocycles. The van der Waals surface area contributed by atoms with E-state index in [0.717, 1.165) is 18.1 Å². The third kappa shape index (κ3) is 3.69. The van der Waals surface area contributed by atoms with Crippen LogP contribution in [0.1, 0.15) is 18.4 Å². The van der Waals surface area contributed by atoms with Crippen LogP contribution in [0.3, 0.4) is 0 Å². The predicted octanol–water partition coefficient (Wildman–Crippen LogP) is 3.58. The van der Waals surface area contributed by atoms with Gasteiger partial charge in [0.1, 0.15) is 5.82 Å². The van der Waals surface area contributed by atoms with E-state index in [1.165, 1.54) is 18.9 Å². The number of anilines is 1. The summed E-state index contributed by atoms with van der Waals surface area (Å²) >= 11 is 3.40. The van der Waals surface area contributed by atoms with E-state index in [0.29, 0.717) is 24.2 Å². The van der Waals surface area contributed by atoms with E-state index in [9.17, 15) is 4.39 Å². The van der Waals surface area contributed by atoms with E-state index in [1.807, 2.05) is 18.0 Å². The van der Waals surface area contributed by atoms with Gasteiger partial charge in [0.25, 0.3) is 0 Å². The maximum atomic E-state index is 13.8. The lowest BCUT2D eigenvalue weighted by Gasteiger charge is -2.22. The molecule has 100 valence electrons. The Morgan fingerprint density at radius 3 is 2.89 bits per heavy atom. The van der Waals surface area contributed by atoms with Crippen LogP contribution in [0.4, 0.5) is 10.1 Å². The van der Waals surface area contributed by atoms with E-state index in [-0.39, 0.29) is 5.82 Å². The van der Waals surface area contributed by atoms with Crippen LogP contribution in [0.2, 0.25) is 0 Å². The van der Waals surface area contributed by atoms with E-state index >= 15 is 0 Å². The number of ether oxygens (including phenoxy) is 1. The second-order valence-corrected chi connectivity index (χ2v) is 5.38. The molecule has 0 spiro atoms. The highest BCUT2D eigenvalue weighted by molar-refractivity contribution is 9.08. The number of para-hydroxylation sites is 1. The topological polar surface area (TPSA) is 12.5 Å². The number of hydrogen-bond acceptors (Lipinski definition) is 2. The van der Waals surface area contributed by atoms with Crippen molar-refractivity contribution in [2.24, 2.45) is 5.92 Å². The molecule has 18 heavy (non-hydrogen) atoms. The van der Waals surface area contributed by atoms with Gasteiger partial charge in [-0.2, -0.15) is 0 Å². The number of likely N-dealkylation sites (N-methyl/N-ethyl adjacent to an activating group) is 1. The van der Waals surface area contributed by atoms with E-state index in [2.05, 4.69) is 15.9 Å². The Hall–Kier alpha value is -0.610. The summed E-state index contributed by atoms with van der Waals surface area (Å²) in [7, 11) is 1.91. The summed E-state index contributed by atoms with van der Waals surface area (Å²) in [6.07, 6.45) is 2.60. The van der Waals surface area contributed by atoms with Crippen LogP contribution in [0.5, 0.6) is 0 Å². The minimum Gasteiger partial charge on any atom is -0.379 e. The van der Waals surface area contributed by atoms with Gasteiger partial charge in [0, 0.05) is 25.5 Å². The first-order valence-corrected chi connectivity index (χ1v) is 7.46. The Kier molecular flexibility index (Phi) is 5.01. The van der Waals surface area contributed by atoms with Gasteiger partial charge in [0.05, 0.1) is 12.3 Å². The third-order valence-electron chi connectivity index (χ3n) is 3.22. The molecule has 0 N–H and O–H groups in total. The van der Waals surface area contributed by atoms with Crippen LogP contribution in [0.25, 0.3) is 0 Å². The first-order valence-electron chi connectivity index (χ1n) is 6.34. The van der Waals surface area contributed by atoms with Crippen molar-refractivity contribution in [3.05, 3.63) is 29.6 Å². The molecule has 0 aromatic heterocycles. The SMILES string of the molecule is CN(CCOCC1CC1)c1c(F)cccc1CBr. The average molecular weight is 316 g/mol. The zero-order valence-electron chi connectivity index (χ0n) is 10.7. The third-order valence-corrected chi connectivity index (χ3v) is 3.82. The highest BCUT2D eigenvalue weighted by atomic mass is 79.9. The molecule has 0 saturated heterocycles. The first kappa shape index (κ1) is 13.8. The Morgan fingerprint density at radius 1 is 1.44 bits per heavy atom. The summed E-state index contributed by atoms with van der Waals surface area (Å²) in [6.45, 7) is 2.23. The summed E-state index contributed by atoms with van der Waals surface area (Å²) in [5, 5.41) is 0.660. The average Bonchev–Trinajstić information content (AvgIpc) is 3.18. The molecular formula is C14H19BrFNO. The zero-order chi connectivity index (χ0) is 13.0. The largest absolute Gasteiger partial charge is 0.379 e. The van der Waals surface area contributed by atoms with Gasteiger partial charge >= 0.3 is 0 Å². The van der Waals surface area contributed by atoms with Gasteiger partial charge in [0.2, 0.25) is 0 Å². The first-order chi connectivity index (χ1) is 8.72. The minimum atomic E-state index is -0.170. The molecule has 0 unspecified atom stereocenters. The quantitative estimate of drug-likeness (QED) is 0.563. The molecule has 1 aliphatic rings. The molecule has 0 heterocycles. The van der Waals surface area contributed by atoms with E-state index in [4.69, 9.17) is 4.74 Å². The lowest BCUT2D eigenvalue weighted by atomic mass is 10.2. The van der Waals surface area contributed by atoms with Crippen molar-refractivity contribution in [3.63, 3.8) is 0 Å². The van der Waals surface area contributed by atoms with E-state index < -0.39 is 0 Å². The standard InChI is InChI=1S/C14H19BrFNO/c1-17(7-8-18-10-11-5-6-11)14-12(9-15)3-2-4-13(14)16/h2-4,11H,5-10H2,1H3. The Bertz CT molecular complexity index is 395. The second-order valence-electron chi connectivity index (χ2n) is 4.82. The number of rotatable bonds is 7. The lowest BCUT2D eigenvalue weighted by molar-refractivity contribution is 0.131. The molecule has 1 aromatic carbocycles. The molecule has 0 aliphatic heterocycles. The molecule has 2 rings (SSSR count). The van der Waals surface area contributed by atoms with Crippen LogP contribution in [-0.2, 0) is 10.1 Å². The molecule has 1 aliphatic carbocycles. The van der Waals surface area contributed by atoms with Crippen molar-refractivity contribution in [3.8, 4) is 0 Å². The molecule has 0 bridgehead atoms. The Balaban J connectivity index is 1.88. The minimum absolute atomic E-state index is 0.170.